The maximum atomic E-state index is 13.3. The number of benzene rings is 1. The highest BCUT2D eigenvalue weighted by molar-refractivity contribution is 6.30. The molecule has 1 saturated heterocycles. The van der Waals surface area contributed by atoms with Gasteiger partial charge in [-0.1, -0.05) is 17.7 Å². The molecule has 0 aromatic heterocycles. The van der Waals surface area contributed by atoms with Gasteiger partial charge in [0.25, 0.3) is 0 Å². The minimum Gasteiger partial charge on any atom is -0.444 e. The number of rotatable bonds is 5. The van der Waals surface area contributed by atoms with Gasteiger partial charge in [0.1, 0.15) is 11.6 Å². The molecule has 3 rings (SSSR count). The minimum absolute atomic E-state index is 0.142. The molecule has 1 aromatic carbocycles. The molecule has 1 aromatic rings. The first-order valence-corrected chi connectivity index (χ1v) is 11.4. The van der Waals surface area contributed by atoms with Crippen LogP contribution in [0.25, 0.3) is 0 Å². The van der Waals surface area contributed by atoms with Crippen molar-refractivity contribution < 1.29 is 28.7 Å². The first-order valence-electron chi connectivity index (χ1n) is 11.0. The average molecular weight is 467 g/mol. The molecule has 1 aliphatic heterocycles. The Morgan fingerprint density at radius 2 is 1.84 bits per heavy atom. The summed E-state index contributed by atoms with van der Waals surface area (Å²) < 4.78 is 4.90. The van der Waals surface area contributed by atoms with E-state index in [4.69, 9.17) is 16.3 Å². The number of carbonyl (C=O) groups is 3. The number of aliphatic hydroxyl groups is 1. The Morgan fingerprint density at radius 1 is 1.19 bits per heavy atom. The molecule has 2 fully saturated rings. The van der Waals surface area contributed by atoms with Crippen LogP contribution >= 0.6 is 11.6 Å². The van der Waals surface area contributed by atoms with Gasteiger partial charge in [-0.05, 0) is 63.8 Å². The second-order valence-corrected chi connectivity index (χ2v) is 10.3. The zero-order chi connectivity index (χ0) is 23.7. The molecule has 176 valence electrons. The molecular weight excluding hydrogens is 434 g/mol. The van der Waals surface area contributed by atoms with E-state index in [-0.39, 0.29) is 23.6 Å². The predicted octanol–water partition coefficient (Wildman–Crippen LogP) is 3.62. The number of nitrogens with one attached hydrogen (secondary N) is 2. The third-order valence-corrected chi connectivity index (χ3v) is 6.39. The highest BCUT2D eigenvalue weighted by Crippen LogP contribution is 2.42. The number of quaternary nitrogens is 1. The second kappa shape index (κ2) is 9.00. The van der Waals surface area contributed by atoms with Gasteiger partial charge >= 0.3 is 18.0 Å². The van der Waals surface area contributed by atoms with Crippen LogP contribution in [0.4, 0.5) is 9.59 Å². The van der Waals surface area contributed by atoms with E-state index in [0.29, 0.717) is 24.4 Å². The summed E-state index contributed by atoms with van der Waals surface area (Å²) in [4.78, 5) is 38.4. The molecule has 0 radical (unpaired) electrons. The van der Waals surface area contributed by atoms with Gasteiger partial charge in [0.15, 0.2) is 5.60 Å². The summed E-state index contributed by atoms with van der Waals surface area (Å²) >= 11 is 6.16. The molecule has 4 amide bonds. The van der Waals surface area contributed by atoms with E-state index < -0.39 is 29.2 Å². The van der Waals surface area contributed by atoms with Crippen LogP contribution in [0.5, 0.6) is 0 Å². The van der Waals surface area contributed by atoms with Crippen molar-refractivity contribution in [3.63, 3.8) is 0 Å². The molecular formula is C23H33ClN3O5+. The fraction of sp³-hybridized carbons (Fsp3) is 0.609. The highest BCUT2D eigenvalue weighted by atomic mass is 35.5. The van der Waals surface area contributed by atoms with E-state index in [2.05, 4.69) is 10.6 Å². The lowest BCUT2D eigenvalue weighted by atomic mass is 10.1. The summed E-state index contributed by atoms with van der Waals surface area (Å²) in [6.07, 6.45) is 1.76. The van der Waals surface area contributed by atoms with Crippen LogP contribution in [0.3, 0.4) is 0 Å². The third-order valence-electron chi connectivity index (χ3n) is 6.15. The standard InChI is InChI=1S/C23H32ClN3O5/c1-15-6-5-11-27(15,19(28)23(31)9-10-23)20(29)25-14-17-12-18(24)8-7-16(17)13-26-21(30)32-22(2,3)4/h7-8,12,15,31H,5-6,9-11,13-14H2,1-4H3,(H-,25,26,29,30)/p+1/t15-,27?/m1/s1. The van der Waals surface area contributed by atoms with E-state index in [1.54, 1.807) is 39.0 Å². The highest BCUT2D eigenvalue weighted by Gasteiger charge is 2.64. The molecule has 8 nitrogen and oxygen atoms in total. The maximum Gasteiger partial charge on any atom is 0.424 e. The maximum absolute atomic E-state index is 13.3. The number of likely N-dealkylation sites (tertiary alicyclic amines) is 1. The lowest BCUT2D eigenvalue weighted by Gasteiger charge is -2.34. The van der Waals surface area contributed by atoms with Gasteiger partial charge < -0.3 is 20.5 Å². The Kier molecular flexibility index (Phi) is 6.88. The minimum atomic E-state index is -1.38. The van der Waals surface area contributed by atoms with Crippen molar-refractivity contribution in [3.8, 4) is 0 Å². The number of ether oxygens (including phenoxy) is 1. The molecule has 1 heterocycles. The molecule has 1 saturated carbocycles. The first kappa shape index (κ1) is 24.5. The summed E-state index contributed by atoms with van der Waals surface area (Å²) in [5.74, 6) is -0.405. The van der Waals surface area contributed by atoms with Crippen molar-refractivity contribution >= 4 is 29.6 Å². The Balaban J connectivity index is 1.71. The van der Waals surface area contributed by atoms with Crippen molar-refractivity contribution in [2.45, 2.75) is 83.7 Å². The number of carbonyl (C=O) groups excluding carboxylic acids is 3. The van der Waals surface area contributed by atoms with E-state index in [1.165, 1.54) is 0 Å². The number of amides is 4. The Bertz CT molecular complexity index is 909. The SMILES string of the molecule is C[C@@H]1CCC[N+]1(C(=O)NCc1cc(Cl)ccc1CNC(=O)OC(C)(C)C)C(=O)C1(O)CC1. The van der Waals surface area contributed by atoms with Crippen molar-refractivity contribution in [1.29, 1.82) is 0 Å². The second-order valence-electron chi connectivity index (χ2n) is 9.85. The number of imide groups is 1. The summed E-state index contributed by atoms with van der Waals surface area (Å²) in [6.45, 7) is 7.96. The molecule has 2 atom stereocenters. The van der Waals surface area contributed by atoms with Gasteiger partial charge in [0.05, 0.1) is 6.54 Å². The quantitative estimate of drug-likeness (QED) is 0.575. The van der Waals surface area contributed by atoms with Gasteiger partial charge in [-0.2, -0.15) is 4.48 Å². The molecule has 3 N–H and O–H groups in total. The Hall–Kier alpha value is -2.16. The van der Waals surface area contributed by atoms with Gasteiger partial charge in [-0.15, -0.1) is 0 Å². The lowest BCUT2D eigenvalue weighted by molar-refractivity contribution is -0.787. The largest absolute Gasteiger partial charge is 0.444 e. The smallest absolute Gasteiger partial charge is 0.424 e. The Morgan fingerprint density at radius 3 is 2.41 bits per heavy atom. The number of nitrogens with zero attached hydrogens (tertiary/aromatic N) is 1. The average Bonchev–Trinajstić information content (AvgIpc) is 3.33. The number of urea groups is 1. The number of alkyl carbamates (subject to hydrolysis) is 1. The number of hydrogen-bond donors (Lipinski definition) is 3. The first-order chi connectivity index (χ1) is 14.9. The fourth-order valence-corrected chi connectivity index (χ4v) is 4.40. The molecule has 2 aliphatic rings. The van der Waals surface area contributed by atoms with E-state index in [0.717, 1.165) is 24.0 Å². The van der Waals surface area contributed by atoms with E-state index in [9.17, 15) is 19.5 Å². The lowest BCUT2D eigenvalue weighted by Crippen LogP contribution is -2.65. The monoisotopic (exact) mass is 466 g/mol. The van der Waals surface area contributed by atoms with Crippen molar-refractivity contribution in [1.82, 2.24) is 10.6 Å². The van der Waals surface area contributed by atoms with Crippen LogP contribution in [-0.2, 0) is 22.6 Å². The third kappa shape index (κ3) is 5.24. The topological polar surface area (TPSA) is 105 Å². The van der Waals surface area contributed by atoms with Gasteiger partial charge in [0.2, 0.25) is 0 Å². The molecule has 9 heteroatoms. The van der Waals surface area contributed by atoms with Crippen LogP contribution in [-0.4, -0.2) is 51.4 Å². The summed E-state index contributed by atoms with van der Waals surface area (Å²) in [7, 11) is 0. The van der Waals surface area contributed by atoms with Gasteiger partial charge in [-0.3, -0.25) is 0 Å². The zero-order valence-electron chi connectivity index (χ0n) is 19.2. The normalized spacial score (nSPS) is 24.0. The van der Waals surface area contributed by atoms with E-state index in [1.807, 2.05) is 6.92 Å². The summed E-state index contributed by atoms with van der Waals surface area (Å²) in [6, 6.07) is 4.61. The number of hydrogen-bond acceptors (Lipinski definition) is 5. The molecule has 1 aliphatic carbocycles. The number of halogens is 1. The molecule has 0 bridgehead atoms. The Labute approximate surface area is 193 Å². The molecule has 0 spiro atoms. The van der Waals surface area contributed by atoms with Gasteiger partial charge in [0, 0.05) is 31.0 Å². The van der Waals surface area contributed by atoms with Crippen molar-refractivity contribution in [3.05, 3.63) is 34.3 Å². The fourth-order valence-electron chi connectivity index (χ4n) is 4.20. The van der Waals surface area contributed by atoms with Gasteiger partial charge in [-0.25, -0.2) is 14.4 Å². The summed E-state index contributed by atoms with van der Waals surface area (Å²) in [5.41, 5.74) is -0.490. The zero-order valence-corrected chi connectivity index (χ0v) is 19.9. The van der Waals surface area contributed by atoms with Crippen LogP contribution in [0, 0.1) is 0 Å². The summed E-state index contributed by atoms with van der Waals surface area (Å²) in [5, 5.41) is 16.5. The van der Waals surface area contributed by atoms with Crippen molar-refractivity contribution in [2.75, 3.05) is 6.54 Å². The predicted molar refractivity (Wildman–Crippen MR) is 120 cm³/mol. The van der Waals surface area contributed by atoms with Crippen molar-refractivity contribution in [2.24, 2.45) is 0 Å². The van der Waals surface area contributed by atoms with Crippen LogP contribution in [0.15, 0.2) is 18.2 Å². The van der Waals surface area contributed by atoms with E-state index >= 15 is 0 Å². The molecule has 1 unspecified atom stereocenters. The van der Waals surface area contributed by atoms with Crippen LogP contribution < -0.4 is 10.6 Å². The molecule has 32 heavy (non-hydrogen) atoms. The van der Waals surface area contributed by atoms with Crippen LogP contribution in [0.2, 0.25) is 5.02 Å². The van der Waals surface area contributed by atoms with Crippen LogP contribution in [0.1, 0.15) is 64.5 Å².